The monoisotopic (exact) mass is 690 g/mol. The molecule has 260 valence electrons. The first-order chi connectivity index (χ1) is 23.4. The third-order valence-corrected chi connectivity index (χ3v) is 8.74. The molecule has 1 saturated heterocycles. The Kier molecular flexibility index (Phi) is 11.1. The number of anilines is 2. The molecular formula is C32H42N12O4S. The lowest BCUT2D eigenvalue weighted by atomic mass is 9.93. The van der Waals surface area contributed by atoms with Crippen LogP contribution in [0.5, 0.6) is 0 Å². The van der Waals surface area contributed by atoms with E-state index in [1.807, 2.05) is 24.4 Å². The fraction of sp³-hybridized carbons (Fsp3) is 0.469. The van der Waals surface area contributed by atoms with Crippen LogP contribution in [0.1, 0.15) is 67.5 Å². The number of amides is 3. The number of tetrazole rings is 1. The molecule has 1 aliphatic heterocycles. The van der Waals surface area contributed by atoms with Crippen LogP contribution in [-0.4, -0.2) is 104 Å². The van der Waals surface area contributed by atoms with Gasteiger partial charge in [-0.05, 0) is 62.4 Å². The number of pyridine rings is 1. The number of carbonyl (C=O) groups excluding carboxylic acids is 3. The van der Waals surface area contributed by atoms with E-state index >= 15 is 0 Å². The second-order valence-electron chi connectivity index (χ2n) is 13.2. The summed E-state index contributed by atoms with van der Waals surface area (Å²) in [5.41, 5.74) is 1.41. The first-order valence-electron chi connectivity index (χ1n) is 16.1. The van der Waals surface area contributed by atoms with Crippen molar-refractivity contribution in [3.63, 3.8) is 0 Å². The molecule has 1 aliphatic rings. The fourth-order valence-electron chi connectivity index (χ4n) is 5.34. The van der Waals surface area contributed by atoms with Gasteiger partial charge in [-0.15, -0.1) is 21.5 Å². The molecule has 1 fully saturated rings. The van der Waals surface area contributed by atoms with Gasteiger partial charge in [-0.2, -0.15) is 5.21 Å². The molecule has 0 unspecified atom stereocenters. The lowest BCUT2D eigenvalue weighted by molar-refractivity contribution is -0.123. The Hall–Kier alpha value is -5.03. The molecule has 3 amide bonds. The maximum Gasteiger partial charge on any atom is 0.267 e. The Balaban J connectivity index is 1.30. The quantitative estimate of drug-likeness (QED) is 0.158. The number of piperidine rings is 1. The van der Waals surface area contributed by atoms with Gasteiger partial charge < -0.3 is 20.4 Å². The summed E-state index contributed by atoms with van der Waals surface area (Å²) >= 11 is 1.36. The third kappa shape index (κ3) is 9.32. The summed E-state index contributed by atoms with van der Waals surface area (Å²) in [5, 5.41) is 24.8. The van der Waals surface area contributed by atoms with Gasteiger partial charge in [-0.3, -0.25) is 28.9 Å². The molecule has 4 aromatic heterocycles. The highest BCUT2D eigenvalue weighted by Gasteiger charge is 2.26. The normalized spacial score (nSPS) is 14.1. The molecule has 4 N–H and O–H groups in total. The predicted octanol–water partition coefficient (Wildman–Crippen LogP) is 1.78. The van der Waals surface area contributed by atoms with Crippen LogP contribution in [-0.2, 0) is 15.0 Å². The molecular weight excluding hydrogens is 648 g/mol. The van der Waals surface area contributed by atoms with Crippen LogP contribution < -0.4 is 26.4 Å². The number of hydrogen-bond acceptors (Lipinski definition) is 12. The summed E-state index contributed by atoms with van der Waals surface area (Å²) in [6.07, 6.45) is 6.54. The van der Waals surface area contributed by atoms with Crippen molar-refractivity contribution in [1.29, 1.82) is 0 Å². The lowest BCUT2D eigenvalue weighted by Crippen LogP contribution is -2.40. The lowest BCUT2D eigenvalue weighted by Gasteiger charge is -2.33. The van der Waals surface area contributed by atoms with Gasteiger partial charge in [0.15, 0.2) is 11.0 Å². The summed E-state index contributed by atoms with van der Waals surface area (Å²) < 4.78 is 1.40. The van der Waals surface area contributed by atoms with E-state index < -0.39 is 0 Å². The third-order valence-electron chi connectivity index (χ3n) is 7.98. The average molecular weight is 691 g/mol. The number of likely N-dealkylation sites (N-methyl/N-ethyl adjacent to an activating group) is 1. The molecule has 0 spiro atoms. The molecule has 5 heterocycles. The van der Waals surface area contributed by atoms with Crippen LogP contribution >= 0.6 is 11.3 Å². The Morgan fingerprint density at radius 2 is 1.82 bits per heavy atom. The minimum atomic E-state index is -0.357. The summed E-state index contributed by atoms with van der Waals surface area (Å²) in [6.45, 7) is 8.34. The molecule has 16 nitrogen and oxygen atoms in total. The van der Waals surface area contributed by atoms with Gasteiger partial charge >= 0.3 is 0 Å². The molecule has 5 rings (SSSR count). The van der Waals surface area contributed by atoms with Crippen LogP contribution in [0.25, 0.3) is 17.8 Å². The topological polar surface area (TPSA) is 196 Å². The highest BCUT2D eigenvalue weighted by molar-refractivity contribution is 7.14. The van der Waals surface area contributed by atoms with E-state index in [-0.39, 0.29) is 34.6 Å². The molecule has 0 atom stereocenters. The zero-order valence-electron chi connectivity index (χ0n) is 28.3. The van der Waals surface area contributed by atoms with Crippen molar-refractivity contribution in [2.75, 3.05) is 57.0 Å². The van der Waals surface area contributed by atoms with Crippen LogP contribution in [0.3, 0.4) is 0 Å². The summed E-state index contributed by atoms with van der Waals surface area (Å²) in [6, 6.07) is 3.16. The van der Waals surface area contributed by atoms with Gasteiger partial charge in [0.25, 0.3) is 11.5 Å². The number of hydrogen-bond donors (Lipinski definition) is 4. The van der Waals surface area contributed by atoms with E-state index in [9.17, 15) is 19.2 Å². The van der Waals surface area contributed by atoms with E-state index in [2.05, 4.69) is 62.3 Å². The number of nitrogens with one attached hydrogen (secondary N) is 4. The van der Waals surface area contributed by atoms with Crippen molar-refractivity contribution < 1.29 is 14.4 Å². The van der Waals surface area contributed by atoms with E-state index in [4.69, 9.17) is 4.98 Å². The van der Waals surface area contributed by atoms with E-state index in [0.29, 0.717) is 72.7 Å². The van der Waals surface area contributed by atoms with Crippen molar-refractivity contribution in [2.45, 2.75) is 45.4 Å². The second-order valence-corrected chi connectivity index (χ2v) is 14.1. The molecule has 49 heavy (non-hydrogen) atoms. The van der Waals surface area contributed by atoms with Crippen molar-refractivity contribution in [3.05, 3.63) is 56.7 Å². The van der Waals surface area contributed by atoms with Crippen LogP contribution in [0, 0.1) is 5.92 Å². The van der Waals surface area contributed by atoms with Crippen LogP contribution in [0.2, 0.25) is 0 Å². The Bertz CT molecular complexity index is 1870. The molecule has 17 heteroatoms. The fourth-order valence-corrected chi connectivity index (χ4v) is 6.27. The maximum absolute atomic E-state index is 13.8. The maximum atomic E-state index is 13.8. The Morgan fingerprint density at radius 1 is 1.08 bits per heavy atom. The predicted molar refractivity (Wildman–Crippen MR) is 187 cm³/mol. The van der Waals surface area contributed by atoms with Gasteiger partial charge in [0.1, 0.15) is 11.5 Å². The molecule has 0 saturated carbocycles. The van der Waals surface area contributed by atoms with Gasteiger partial charge in [0, 0.05) is 55.2 Å². The zero-order valence-corrected chi connectivity index (χ0v) is 29.1. The molecule has 4 aromatic rings. The van der Waals surface area contributed by atoms with E-state index in [1.54, 1.807) is 29.2 Å². The first-order valence-corrected chi connectivity index (χ1v) is 16.9. The standard InChI is InChI=1S/C32H42N12O4S/c1-32(2,3)23-19-49-31(35-23)37-29(47)21-10-15-44-25(17-21)36-28(22(30(44)48)6-7-24-38-40-41-39-24)43-13-8-20(9-14-43)16-26(45)33-11-12-34-27(46)18-42(4)5/h6-7,10,15,17,19-20H,8-9,11-14,16,18H2,1-5H3,(H,33,45)(H,34,46)(H,35,37,47)(H,38,39,40,41)/b7-6+. The number of nitrogens with zero attached hydrogens (tertiary/aromatic N) is 8. The van der Waals surface area contributed by atoms with Gasteiger partial charge in [0.2, 0.25) is 11.8 Å². The molecule has 0 aliphatic carbocycles. The number of carbonyl (C=O) groups is 3. The van der Waals surface area contributed by atoms with Crippen molar-refractivity contribution in [2.24, 2.45) is 5.92 Å². The molecule has 0 radical (unpaired) electrons. The number of H-pyrrole nitrogens is 1. The molecule has 0 aromatic carbocycles. The van der Waals surface area contributed by atoms with Crippen molar-refractivity contribution >= 4 is 57.8 Å². The number of thiazole rings is 1. The number of aromatic amines is 1. The SMILES string of the molecule is CN(C)CC(=O)NCCNC(=O)CC1CCN(c2nc3cc(C(=O)Nc4nc(C(C)(C)C)cs4)ccn3c(=O)c2/C=C/c2nn[nH]n2)CC1. The Morgan fingerprint density at radius 3 is 2.47 bits per heavy atom. The highest BCUT2D eigenvalue weighted by Crippen LogP contribution is 2.28. The number of fused-ring (bicyclic) bond motifs is 1. The highest BCUT2D eigenvalue weighted by atomic mass is 32.1. The Labute approximate surface area is 287 Å². The van der Waals surface area contributed by atoms with Crippen molar-refractivity contribution in [3.8, 4) is 0 Å². The van der Waals surface area contributed by atoms with Crippen LogP contribution in [0.15, 0.2) is 28.5 Å². The largest absolute Gasteiger partial charge is 0.356 e. The smallest absolute Gasteiger partial charge is 0.267 e. The first kappa shape index (κ1) is 35.3. The molecule has 0 bridgehead atoms. The second kappa shape index (κ2) is 15.5. The zero-order chi connectivity index (χ0) is 35.1. The number of aromatic nitrogens is 7. The summed E-state index contributed by atoms with van der Waals surface area (Å²) in [5.74, 6) is 0.410. The van der Waals surface area contributed by atoms with Crippen molar-refractivity contribution in [1.82, 2.24) is 50.5 Å². The summed E-state index contributed by atoms with van der Waals surface area (Å²) in [7, 11) is 3.64. The van der Waals surface area contributed by atoms with Gasteiger partial charge in [0.05, 0.1) is 17.8 Å². The minimum Gasteiger partial charge on any atom is -0.356 e. The van der Waals surface area contributed by atoms with Gasteiger partial charge in [-0.1, -0.05) is 20.8 Å². The van der Waals surface area contributed by atoms with E-state index in [1.165, 1.54) is 21.9 Å². The van der Waals surface area contributed by atoms with Gasteiger partial charge in [-0.25, -0.2) is 9.97 Å². The average Bonchev–Trinajstić information content (AvgIpc) is 3.75. The minimum absolute atomic E-state index is 0.0655. The summed E-state index contributed by atoms with van der Waals surface area (Å²) in [4.78, 5) is 64.7. The van der Waals surface area contributed by atoms with Crippen LogP contribution in [0.4, 0.5) is 10.9 Å². The van der Waals surface area contributed by atoms with E-state index in [0.717, 1.165) is 18.5 Å². The number of rotatable bonds is 12.